The van der Waals surface area contributed by atoms with Crippen molar-refractivity contribution in [2.24, 2.45) is 0 Å². The van der Waals surface area contributed by atoms with Crippen molar-refractivity contribution in [1.29, 1.82) is 5.26 Å². The largest absolute Gasteiger partial charge is 0.368 e. The molecule has 1 unspecified atom stereocenters. The van der Waals surface area contributed by atoms with Gasteiger partial charge in [-0.3, -0.25) is 0 Å². The van der Waals surface area contributed by atoms with E-state index in [1.807, 2.05) is 31.2 Å². The molecule has 23 heavy (non-hydrogen) atoms. The molecule has 2 heterocycles. The van der Waals surface area contributed by atoms with Gasteiger partial charge >= 0.3 is 0 Å². The van der Waals surface area contributed by atoms with E-state index in [1.54, 1.807) is 6.33 Å². The van der Waals surface area contributed by atoms with Crippen LogP contribution in [-0.2, 0) is 0 Å². The fourth-order valence-electron chi connectivity index (χ4n) is 2.93. The maximum Gasteiger partial charge on any atom is 0.129 e. The summed E-state index contributed by atoms with van der Waals surface area (Å²) in [5.41, 5.74) is 2.66. The van der Waals surface area contributed by atoms with Gasteiger partial charge in [0, 0.05) is 35.4 Å². The number of nitrogens with one attached hydrogen (secondary N) is 1. The molecule has 1 aliphatic rings. The predicted octanol–water partition coefficient (Wildman–Crippen LogP) is 3.50. The monoisotopic (exact) mass is 371 g/mol. The average molecular weight is 372 g/mol. The van der Waals surface area contributed by atoms with Gasteiger partial charge in [0.25, 0.3) is 0 Å². The highest BCUT2D eigenvalue weighted by Crippen LogP contribution is 2.27. The first-order chi connectivity index (χ1) is 11.2. The number of hydrogen-bond acceptors (Lipinski definition) is 5. The molecule has 0 bridgehead atoms. The third-order valence-electron chi connectivity index (χ3n) is 4.00. The van der Waals surface area contributed by atoms with Crippen molar-refractivity contribution in [2.75, 3.05) is 23.3 Å². The summed E-state index contributed by atoms with van der Waals surface area (Å²) in [5, 5.41) is 12.9. The zero-order chi connectivity index (χ0) is 16.2. The molecule has 1 saturated heterocycles. The Kier molecular flexibility index (Phi) is 4.77. The number of aryl methyl sites for hydroxylation is 1. The van der Waals surface area contributed by atoms with Crippen molar-refractivity contribution in [3.8, 4) is 6.07 Å². The summed E-state index contributed by atoms with van der Waals surface area (Å²) in [4.78, 5) is 10.7. The molecule has 1 N–H and O–H groups in total. The molecular weight excluding hydrogens is 354 g/mol. The molecule has 0 aliphatic carbocycles. The molecule has 5 nitrogen and oxygen atoms in total. The van der Waals surface area contributed by atoms with E-state index in [0.29, 0.717) is 11.6 Å². The minimum Gasteiger partial charge on any atom is -0.368 e. The molecule has 0 spiro atoms. The fourth-order valence-corrected chi connectivity index (χ4v) is 3.29. The third-order valence-corrected chi connectivity index (χ3v) is 4.49. The van der Waals surface area contributed by atoms with Gasteiger partial charge in [-0.1, -0.05) is 15.9 Å². The van der Waals surface area contributed by atoms with E-state index >= 15 is 0 Å². The highest BCUT2D eigenvalue weighted by atomic mass is 79.9. The maximum atomic E-state index is 9.38. The molecule has 2 aromatic rings. The van der Waals surface area contributed by atoms with Crippen molar-refractivity contribution >= 4 is 27.4 Å². The van der Waals surface area contributed by atoms with Gasteiger partial charge in [0.05, 0.1) is 11.3 Å². The van der Waals surface area contributed by atoms with Gasteiger partial charge < -0.3 is 10.2 Å². The normalized spacial score (nSPS) is 17.6. The maximum absolute atomic E-state index is 9.38. The van der Waals surface area contributed by atoms with Gasteiger partial charge in [-0.25, -0.2) is 9.97 Å². The highest BCUT2D eigenvalue weighted by molar-refractivity contribution is 9.10. The first kappa shape index (κ1) is 15.8. The summed E-state index contributed by atoms with van der Waals surface area (Å²) in [6.07, 6.45) is 3.77. The van der Waals surface area contributed by atoms with E-state index in [9.17, 15) is 5.26 Å². The van der Waals surface area contributed by atoms with Crippen LogP contribution in [0.4, 0.5) is 11.5 Å². The van der Waals surface area contributed by atoms with Crippen LogP contribution < -0.4 is 10.2 Å². The van der Waals surface area contributed by atoms with Crippen LogP contribution in [0.15, 0.2) is 35.1 Å². The Morgan fingerprint density at radius 3 is 3.00 bits per heavy atom. The molecule has 0 saturated carbocycles. The Morgan fingerprint density at radius 2 is 2.22 bits per heavy atom. The lowest BCUT2D eigenvalue weighted by atomic mass is 10.0. The van der Waals surface area contributed by atoms with Crippen LogP contribution in [0.5, 0.6) is 0 Å². The third kappa shape index (κ3) is 3.80. The first-order valence-corrected chi connectivity index (χ1v) is 8.45. The van der Waals surface area contributed by atoms with Crippen molar-refractivity contribution in [1.82, 2.24) is 9.97 Å². The van der Waals surface area contributed by atoms with Crippen molar-refractivity contribution in [2.45, 2.75) is 25.8 Å². The van der Waals surface area contributed by atoms with Gasteiger partial charge in [0.2, 0.25) is 0 Å². The average Bonchev–Trinajstić information content (AvgIpc) is 2.55. The highest BCUT2D eigenvalue weighted by Gasteiger charge is 2.22. The molecule has 118 valence electrons. The molecule has 1 aromatic heterocycles. The van der Waals surface area contributed by atoms with E-state index in [1.165, 1.54) is 0 Å². The lowest BCUT2D eigenvalue weighted by Gasteiger charge is -2.35. The minimum atomic E-state index is 0.313. The Bertz CT molecular complexity index is 740. The van der Waals surface area contributed by atoms with Gasteiger partial charge in [-0.05, 0) is 38.0 Å². The molecule has 1 aliphatic heterocycles. The van der Waals surface area contributed by atoms with E-state index in [4.69, 9.17) is 0 Å². The fraction of sp³-hybridized carbons (Fsp3) is 0.353. The molecule has 0 radical (unpaired) electrons. The van der Waals surface area contributed by atoms with E-state index in [-0.39, 0.29) is 0 Å². The summed E-state index contributed by atoms with van der Waals surface area (Å²) in [7, 11) is 0. The summed E-state index contributed by atoms with van der Waals surface area (Å²) < 4.78 is 0.931. The summed E-state index contributed by atoms with van der Waals surface area (Å²) in [5.74, 6) is 0.862. The summed E-state index contributed by atoms with van der Waals surface area (Å²) in [6.45, 7) is 3.79. The standard InChI is InChI=1S/C17H18BrN5/c1-12-7-17(21-11-20-12)22-15-3-2-6-23(10-15)16-5-4-14(18)8-13(16)9-19/h4-5,7-8,11,15H,2-3,6,10H2,1H3,(H,20,21,22). The summed E-state index contributed by atoms with van der Waals surface area (Å²) >= 11 is 3.43. The molecule has 1 aromatic carbocycles. The van der Waals surface area contributed by atoms with E-state index in [2.05, 4.69) is 42.2 Å². The molecule has 3 rings (SSSR count). The molecule has 0 amide bonds. The number of halogens is 1. The molecule has 1 fully saturated rings. The molecule has 6 heteroatoms. The number of nitriles is 1. The van der Waals surface area contributed by atoms with Gasteiger partial charge in [0.1, 0.15) is 18.2 Å². The second-order valence-electron chi connectivity index (χ2n) is 5.75. The number of piperidine rings is 1. The van der Waals surface area contributed by atoms with Crippen LogP contribution in [0.25, 0.3) is 0 Å². The van der Waals surface area contributed by atoms with Gasteiger partial charge in [-0.15, -0.1) is 0 Å². The van der Waals surface area contributed by atoms with Crippen LogP contribution in [0, 0.1) is 18.3 Å². The van der Waals surface area contributed by atoms with E-state index in [0.717, 1.165) is 47.6 Å². The smallest absolute Gasteiger partial charge is 0.129 e. The zero-order valence-corrected chi connectivity index (χ0v) is 14.5. The number of nitrogens with zero attached hydrogens (tertiary/aromatic N) is 4. The Labute approximate surface area is 144 Å². The quantitative estimate of drug-likeness (QED) is 0.894. The Morgan fingerprint density at radius 1 is 1.35 bits per heavy atom. The minimum absolute atomic E-state index is 0.313. The lowest BCUT2D eigenvalue weighted by molar-refractivity contribution is 0.528. The second kappa shape index (κ2) is 6.97. The van der Waals surface area contributed by atoms with Crippen molar-refractivity contribution in [3.63, 3.8) is 0 Å². The molecule has 1 atom stereocenters. The number of hydrogen-bond donors (Lipinski definition) is 1. The van der Waals surface area contributed by atoms with Gasteiger partial charge in [0.15, 0.2) is 0 Å². The van der Waals surface area contributed by atoms with Crippen molar-refractivity contribution in [3.05, 3.63) is 46.3 Å². The van der Waals surface area contributed by atoms with Crippen LogP contribution >= 0.6 is 15.9 Å². The van der Waals surface area contributed by atoms with Crippen LogP contribution in [0.1, 0.15) is 24.1 Å². The van der Waals surface area contributed by atoms with Crippen LogP contribution in [-0.4, -0.2) is 29.1 Å². The number of benzene rings is 1. The molecular formula is C17H18BrN5. The predicted molar refractivity (Wildman–Crippen MR) is 94.5 cm³/mol. The van der Waals surface area contributed by atoms with Crippen molar-refractivity contribution < 1.29 is 0 Å². The number of rotatable bonds is 3. The zero-order valence-electron chi connectivity index (χ0n) is 13.0. The second-order valence-corrected chi connectivity index (χ2v) is 6.66. The lowest BCUT2D eigenvalue weighted by Crippen LogP contribution is -2.42. The van der Waals surface area contributed by atoms with E-state index < -0.39 is 0 Å². The number of aromatic nitrogens is 2. The Hall–Kier alpha value is -2.13. The number of anilines is 2. The Balaban J connectivity index is 1.75. The van der Waals surface area contributed by atoms with Gasteiger partial charge in [-0.2, -0.15) is 5.26 Å². The first-order valence-electron chi connectivity index (χ1n) is 7.65. The topological polar surface area (TPSA) is 64.8 Å². The summed E-state index contributed by atoms with van der Waals surface area (Å²) in [6, 6.07) is 10.4. The van der Waals surface area contributed by atoms with Crippen LogP contribution in [0.2, 0.25) is 0 Å². The SMILES string of the molecule is Cc1cc(NC2CCCN(c3ccc(Br)cc3C#N)C2)ncn1. The van der Waals surface area contributed by atoms with Crippen LogP contribution in [0.3, 0.4) is 0 Å².